The molecule has 1 N–H and O–H groups in total. The zero-order chi connectivity index (χ0) is 16.2. The first-order chi connectivity index (χ1) is 10.4. The van der Waals surface area contributed by atoms with Crippen LogP contribution in [0.4, 0.5) is 0 Å². The number of carbonyl (C=O) groups is 1. The number of hydrogen-bond acceptors (Lipinski definition) is 3. The summed E-state index contributed by atoms with van der Waals surface area (Å²) in [6.07, 6.45) is 1.74. The van der Waals surface area contributed by atoms with E-state index in [1.165, 1.54) is 0 Å². The average molecular weight is 296 g/mol. The number of likely N-dealkylation sites (tertiary alicyclic amines) is 1. The minimum atomic E-state index is -1.03. The lowest BCUT2D eigenvalue weighted by Gasteiger charge is -2.29. The standard InChI is InChI=1S/C18H20N2O2/c1-18(2,22)10-9-14-5-7-16(8-6-14)17(21)20-11-3-4-15(12-19)13-20/h5-8,15,22H,3-4,11,13H2,1-2H3/t15-/m0/s1. The van der Waals surface area contributed by atoms with Crippen LogP contribution in [0.1, 0.15) is 42.6 Å². The van der Waals surface area contributed by atoms with E-state index in [9.17, 15) is 9.90 Å². The number of nitriles is 1. The summed E-state index contributed by atoms with van der Waals surface area (Å²) in [6.45, 7) is 4.46. The Labute approximate surface area is 131 Å². The molecule has 1 aliphatic rings. The third-order valence-corrected chi connectivity index (χ3v) is 3.54. The van der Waals surface area contributed by atoms with E-state index < -0.39 is 5.60 Å². The quantitative estimate of drug-likeness (QED) is 0.808. The molecule has 1 aromatic rings. The Kier molecular flexibility index (Phi) is 4.85. The van der Waals surface area contributed by atoms with Crippen molar-refractivity contribution in [3.05, 3.63) is 35.4 Å². The van der Waals surface area contributed by atoms with Crippen molar-refractivity contribution in [2.24, 2.45) is 5.92 Å². The van der Waals surface area contributed by atoms with Gasteiger partial charge >= 0.3 is 0 Å². The van der Waals surface area contributed by atoms with Crippen LogP contribution in [0, 0.1) is 29.1 Å². The highest BCUT2D eigenvalue weighted by Crippen LogP contribution is 2.18. The summed E-state index contributed by atoms with van der Waals surface area (Å²) < 4.78 is 0. The van der Waals surface area contributed by atoms with Gasteiger partial charge in [0.2, 0.25) is 0 Å². The van der Waals surface area contributed by atoms with E-state index in [0.717, 1.165) is 18.4 Å². The lowest BCUT2D eigenvalue weighted by atomic mass is 9.99. The molecule has 0 aromatic heterocycles. The van der Waals surface area contributed by atoms with Crippen molar-refractivity contribution in [1.29, 1.82) is 5.26 Å². The monoisotopic (exact) mass is 296 g/mol. The van der Waals surface area contributed by atoms with Crippen molar-refractivity contribution in [2.75, 3.05) is 13.1 Å². The Balaban J connectivity index is 2.08. The Morgan fingerprint density at radius 1 is 1.36 bits per heavy atom. The van der Waals surface area contributed by atoms with Crippen LogP contribution in [0.3, 0.4) is 0 Å². The van der Waals surface area contributed by atoms with Gasteiger partial charge in [0.1, 0.15) is 5.60 Å². The molecule has 2 rings (SSSR count). The molecule has 1 atom stereocenters. The first-order valence-corrected chi connectivity index (χ1v) is 7.43. The van der Waals surface area contributed by atoms with E-state index in [2.05, 4.69) is 17.9 Å². The van der Waals surface area contributed by atoms with Crippen LogP contribution in [0.5, 0.6) is 0 Å². The topological polar surface area (TPSA) is 64.3 Å². The summed E-state index contributed by atoms with van der Waals surface area (Å²) in [5.74, 6) is 5.52. The molecular formula is C18H20N2O2. The summed E-state index contributed by atoms with van der Waals surface area (Å²) in [6, 6.07) is 9.28. The molecule has 4 heteroatoms. The predicted octanol–water partition coefficient (Wildman–Crippen LogP) is 2.18. The van der Waals surface area contributed by atoms with E-state index in [-0.39, 0.29) is 11.8 Å². The Hall–Kier alpha value is -2.30. The molecule has 0 radical (unpaired) electrons. The Morgan fingerprint density at radius 2 is 2.05 bits per heavy atom. The number of amides is 1. The van der Waals surface area contributed by atoms with E-state index >= 15 is 0 Å². The zero-order valence-electron chi connectivity index (χ0n) is 13.0. The average Bonchev–Trinajstić information content (AvgIpc) is 2.52. The maximum absolute atomic E-state index is 12.4. The van der Waals surface area contributed by atoms with Gasteiger partial charge in [-0.1, -0.05) is 11.8 Å². The van der Waals surface area contributed by atoms with Crippen LogP contribution in [0.25, 0.3) is 0 Å². The van der Waals surface area contributed by atoms with Crippen molar-refractivity contribution in [3.63, 3.8) is 0 Å². The van der Waals surface area contributed by atoms with Gasteiger partial charge in [-0.15, -0.1) is 0 Å². The number of nitrogens with zero attached hydrogens (tertiary/aromatic N) is 2. The normalized spacial score (nSPS) is 18.1. The van der Waals surface area contributed by atoms with Crippen LogP contribution in [-0.2, 0) is 0 Å². The number of hydrogen-bond donors (Lipinski definition) is 1. The molecule has 0 unspecified atom stereocenters. The third-order valence-electron chi connectivity index (χ3n) is 3.54. The fraction of sp³-hybridized carbons (Fsp3) is 0.444. The molecule has 0 saturated carbocycles. The molecule has 0 aliphatic carbocycles. The van der Waals surface area contributed by atoms with Crippen molar-refractivity contribution in [2.45, 2.75) is 32.3 Å². The smallest absolute Gasteiger partial charge is 0.253 e. The van der Waals surface area contributed by atoms with Gasteiger partial charge in [0.25, 0.3) is 5.91 Å². The molecule has 114 valence electrons. The number of carbonyl (C=O) groups excluding carboxylic acids is 1. The molecule has 0 spiro atoms. The molecule has 1 aliphatic heterocycles. The maximum Gasteiger partial charge on any atom is 0.253 e. The molecule has 1 saturated heterocycles. The maximum atomic E-state index is 12.4. The number of benzene rings is 1. The molecular weight excluding hydrogens is 276 g/mol. The number of rotatable bonds is 1. The van der Waals surface area contributed by atoms with Crippen LogP contribution in [0.15, 0.2) is 24.3 Å². The van der Waals surface area contributed by atoms with E-state index in [0.29, 0.717) is 18.7 Å². The van der Waals surface area contributed by atoms with Gasteiger partial charge in [-0.05, 0) is 51.0 Å². The SMILES string of the molecule is CC(C)(O)C#Cc1ccc(C(=O)N2CCC[C@@H](C#N)C2)cc1. The van der Waals surface area contributed by atoms with Crippen LogP contribution >= 0.6 is 0 Å². The molecule has 1 heterocycles. The Bertz CT molecular complexity index is 639. The second-order valence-corrected chi connectivity index (χ2v) is 6.11. The third kappa shape index (κ3) is 4.35. The molecule has 1 fully saturated rings. The van der Waals surface area contributed by atoms with Gasteiger partial charge in [-0.25, -0.2) is 0 Å². The van der Waals surface area contributed by atoms with Crippen molar-refractivity contribution in [3.8, 4) is 17.9 Å². The fourth-order valence-corrected chi connectivity index (χ4v) is 2.37. The highest BCUT2D eigenvalue weighted by Gasteiger charge is 2.24. The molecule has 4 nitrogen and oxygen atoms in total. The van der Waals surface area contributed by atoms with Gasteiger partial charge in [-0.2, -0.15) is 5.26 Å². The first-order valence-electron chi connectivity index (χ1n) is 7.43. The van der Waals surface area contributed by atoms with Gasteiger partial charge in [-0.3, -0.25) is 4.79 Å². The van der Waals surface area contributed by atoms with Crippen LogP contribution in [0.2, 0.25) is 0 Å². The van der Waals surface area contributed by atoms with Gasteiger partial charge in [0.05, 0.1) is 12.0 Å². The van der Waals surface area contributed by atoms with Crippen LogP contribution < -0.4 is 0 Å². The van der Waals surface area contributed by atoms with E-state index in [1.807, 2.05) is 0 Å². The molecule has 22 heavy (non-hydrogen) atoms. The van der Waals surface area contributed by atoms with Gasteiger partial charge in [0.15, 0.2) is 0 Å². The summed E-state index contributed by atoms with van der Waals surface area (Å²) in [7, 11) is 0. The second kappa shape index (κ2) is 6.64. The van der Waals surface area contributed by atoms with Gasteiger partial charge < -0.3 is 10.0 Å². The summed E-state index contributed by atoms with van der Waals surface area (Å²) in [5.41, 5.74) is 0.328. The van der Waals surface area contributed by atoms with Crippen LogP contribution in [-0.4, -0.2) is 34.6 Å². The minimum absolute atomic E-state index is 0.0399. The molecule has 1 aromatic carbocycles. The second-order valence-electron chi connectivity index (χ2n) is 6.11. The first kappa shape index (κ1) is 16.1. The fourth-order valence-electron chi connectivity index (χ4n) is 2.37. The lowest BCUT2D eigenvalue weighted by Crippen LogP contribution is -2.39. The summed E-state index contributed by atoms with van der Waals surface area (Å²) >= 11 is 0. The highest BCUT2D eigenvalue weighted by atomic mass is 16.3. The number of aliphatic hydroxyl groups is 1. The number of piperidine rings is 1. The lowest BCUT2D eigenvalue weighted by molar-refractivity contribution is 0.0698. The Morgan fingerprint density at radius 3 is 2.64 bits per heavy atom. The van der Waals surface area contributed by atoms with Crippen molar-refractivity contribution in [1.82, 2.24) is 4.90 Å². The van der Waals surface area contributed by atoms with Crippen molar-refractivity contribution >= 4 is 5.91 Å². The zero-order valence-corrected chi connectivity index (χ0v) is 13.0. The molecule has 1 amide bonds. The van der Waals surface area contributed by atoms with E-state index in [1.54, 1.807) is 43.0 Å². The minimum Gasteiger partial charge on any atom is -0.378 e. The largest absolute Gasteiger partial charge is 0.378 e. The predicted molar refractivity (Wildman–Crippen MR) is 83.9 cm³/mol. The van der Waals surface area contributed by atoms with E-state index in [4.69, 9.17) is 5.26 Å². The van der Waals surface area contributed by atoms with Gasteiger partial charge in [0, 0.05) is 24.2 Å². The molecule has 0 bridgehead atoms. The highest BCUT2D eigenvalue weighted by molar-refractivity contribution is 5.94. The van der Waals surface area contributed by atoms with Crippen molar-refractivity contribution < 1.29 is 9.90 Å². The summed E-state index contributed by atoms with van der Waals surface area (Å²) in [5, 5.41) is 18.6. The summed E-state index contributed by atoms with van der Waals surface area (Å²) in [4.78, 5) is 14.2.